The van der Waals surface area contributed by atoms with Crippen LogP contribution in [0.15, 0.2) is 24.3 Å². The molecule has 1 aliphatic rings. The van der Waals surface area contributed by atoms with Crippen molar-refractivity contribution in [2.75, 3.05) is 6.61 Å². The van der Waals surface area contributed by atoms with Gasteiger partial charge in [0.05, 0.1) is 11.9 Å². The summed E-state index contributed by atoms with van der Waals surface area (Å²) in [5.74, 6) is -0.134. The van der Waals surface area contributed by atoms with E-state index in [0.717, 1.165) is 37.0 Å². The fourth-order valence-corrected chi connectivity index (χ4v) is 3.14. The molecular formula is C12H15ClO3S. The standard InChI is InChI=1S/C12H15ClO3S/c13-17(14,15)9-10-5-1-2-6-11(10)12-7-3-4-8-16-12/h1-2,5-6,12H,3-4,7-9H2. The molecule has 1 fully saturated rings. The highest BCUT2D eigenvalue weighted by molar-refractivity contribution is 8.13. The predicted octanol–water partition coefficient (Wildman–Crippen LogP) is 3.00. The highest BCUT2D eigenvalue weighted by Crippen LogP contribution is 2.31. The molecule has 5 heteroatoms. The van der Waals surface area contributed by atoms with Crippen molar-refractivity contribution in [3.63, 3.8) is 0 Å². The van der Waals surface area contributed by atoms with Crippen molar-refractivity contribution >= 4 is 19.7 Å². The van der Waals surface area contributed by atoms with E-state index in [0.29, 0.717) is 0 Å². The van der Waals surface area contributed by atoms with Gasteiger partial charge in [0.15, 0.2) is 0 Å². The maximum Gasteiger partial charge on any atom is 0.236 e. The van der Waals surface area contributed by atoms with Crippen molar-refractivity contribution in [2.45, 2.75) is 31.1 Å². The fourth-order valence-electron chi connectivity index (χ4n) is 2.15. The largest absolute Gasteiger partial charge is 0.374 e. The maximum absolute atomic E-state index is 11.2. The Kier molecular flexibility index (Phi) is 4.07. The van der Waals surface area contributed by atoms with Crippen LogP contribution in [0.2, 0.25) is 0 Å². The van der Waals surface area contributed by atoms with E-state index in [-0.39, 0.29) is 11.9 Å². The molecule has 0 N–H and O–H groups in total. The summed E-state index contributed by atoms with van der Waals surface area (Å²) < 4.78 is 28.0. The van der Waals surface area contributed by atoms with Crippen molar-refractivity contribution in [1.82, 2.24) is 0 Å². The van der Waals surface area contributed by atoms with Gasteiger partial charge in [-0.25, -0.2) is 8.42 Å². The average molecular weight is 275 g/mol. The van der Waals surface area contributed by atoms with Crippen molar-refractivity contribution in [2.24, 2.45) is 0 Å². The Morgan fingerprint density at radius 1 is 1.29 bits per heavy atom. The third-order valence-electron chi connectivity index (χ3n) is 2.91. The van der Waals surface area contributed by atoms with Crippen molar-refractivity contribution < 1.29 is 13.2 Å². The van der Waals surface area contributed by atoms with Crippen molar-refractivity contribution in [3.8, 4) is 0 Å². The molecule has 0 radical (unpaired) electrons. The van der Waals surface area contributed by atoms with Gasteiger partial charge in [-0.05, 0) is 30.4 Å². The summed E-state index contributed by atoms with van der Waals surface area (Å²) in [6, 6.07) is 7.45. The summed E-state index contributed by atoms with van der Waals surface area (Å²) in [5.41, 5.74) is 1.70. The summed E-state index contributed by atoms with van der Waals surface area (Å²) in [6.07, 6.45) is 3.15. The van der Waals surface area contributed by atoms with Crippen molar-refractivity contribution in [1.29, 1.82) is 0 Å². The van der Waals surface area contributed by atoms with E-state index in [9.17, 15) is 8.42 Å². The predicted molar refractivity (Wildman–Crippen MR) is 67.5 cm³/mol. The minimum Gasteiger partial charge on any atom is -0.374 e. The van der Waals surface area contributed by atoms with Gasteiger partial charge in [0.2, 0.25) is 9.05 Å². The van der Waals surface area contributed by atoms with E-state index in [1.54, 1.807) is 6.07 Å². The van der Waals surface area contributed by atoms with Gasteiger partial charge in [-0.2, -0.15) is 0 Å². The summed E-state index contributed by atoms with van der Waals surface area (Å²) >= 11 is 0. The molecule has 1 aliphatic heterocycles. The summed E-state index contributed by atoms with van der Waals surface area (Å²) in [4.78, 5) is 0. The lowest BCUT2D eigenvalue weighted by molar-refractivity contribution is 0.0145. The summed E-state index contributed by atoms with van der Waals surface area (Å²) in [5, 5.41) is 0. The van der Waals surface area contributed by atoms with Crippen LogP contribution in [0.4, 0.5) is 0 Å². The van der Waals surface area contributed by atoms with Gasteiger partial charge in [-0.3, -0.25) is 0 Å². The summed E-state index contributed by atoms with van der Waals surface area (Å²) in [6.45, 7) is 0.743. The van der Waals surface area contributed by atoms with Crippen LogP contribution in [0.25, 0.3) is 0 Å². The molecule has 0 bridgehead atoms. The lowest BCUT2D eigenvalue weighted by Crippen LogP contribution is -2.14. The number of halogens is 1. The number of ether oxygens (including phenoxy) is 1. The molecule has 0 spiro atoms. The van der Waals surface area contributed by atoms with E-state index in [4.69, 9.17) is 15.4 Å². The molecule has 2 rings (SSSR count). The van der Waals surface area contributed by atoms with Gasteiger partial charge in [0.1, 0.15) is 0 Å². The molecule has 1 heterocycles. The van der Waals surface area contributed by atoms with Crippen LogP contribution in [0, 0.1) is 0 Å². The topological polar surface area (TPSA) is 43.4 Å². The number of benzene rings is 1. The van der Waals surface area contributed by atoms with Gasteiger partial charge in [-0.1, -0.05) is 24.3 Å². The first kappa shape index (κ1) is 12.9. The van der Waals surface area contributed by atoms with E-state index < -0.39 is 9.05 Å². The first-order chi connectivity index (χ1) is 8.06. The van der Waals surface area contributed by atoms with Crippen molar-refractivity contribution in [3.05, 3.63) is 35.4 Å². The van der Waals surface area contributed by atoms with Crippen LogP contribution >= 0.6 is 10.7 Å². The Morgan fingerprint density at radius 3 is 2.71 bits per heavy atom. The zero-order valence-corrected chi connectivity index (χ0v) is 11.0. The van der Waals surface area contributed by atoms with Crippen LogP contribution in [0.1, 0.15) is 36.5 Å². The third-order valence-corrected chi connectivity index (χ3v) is 3.89. The molecule has 94 valence electrons. The molecule has 1 aromatic carbocycles. The molecule has 1 saturated heterocycles. The van der Waals surface area contributed by atoms with Crippen LogP contribution in [0.5, 0.6) is 0 Å². The van der Waals surface area contributed by atoms with E-state index in [2.05, 4.69) is 0 Å². The third kappa shape index (κ3) is 3.69. The van der Waals surface area contributed by atoms with E-state index in [1.165, 1.54) is 0 Å². The molecule has 1 atom stereocenters. The van der Waals surface area contributed by atoms with E-state index >= 15 is 0 Å². The Labute approximate surface area is 106 Å². The van der Waals surface area contributed by atoms with Crippen LogP contribution in [0.3, 0.4) is 0 Å². The molecule has 3 nitrogen and oxygen atoms in total. The van der Waals surface area contributed by atoms with E-state index in [1.807, 2.05) is 18.2 Å². The molecule has 0 aromatic heterocycles. The second-order valence-corrected chi connectivity index (χ2v) is 7.01. The molecule has 17 heavy (non-hydrogen) atoms. The number of hydrogen-bond donors (Lipinski definition) is 0. The monoisotopic (exact) mass is 274 g/mol. The maximum atomic E-state index is 11.2. The Hall–Kier alpha value is -0.580. The number of rotatable bonds is 3. The van der Waals surface area contributed by atoms with Crippen LogP contribution in [-0.2, 0) is 19.5 Å². The molecular weight excluding hydrogens is 260 g/mol. The van der Waals surface area contributed by atoms with Gasteiger partial charge in [0.25, 0.3) is 0 Å². The Morgan fingerprint density at radius 2 is 2.06 bits per heavy atom. The second kappa shape index (κ2) is 5.38. The minimum atomic E-state index is -3.52. The summed E-state index contributed by atoms with van der Waals surface area (Å²) in [7, 11) is 1.79. The number of hydrogen-bond acceptors (Lipinski definition) is 3. The minimum absolute atomic E-state index is 0.0124. The zero-order chi connectivity index (χ0) is 12.3. The first-order valence-corrected chi connectivity index (χ1v) is 8.16. The quantitative estimate of drug-likeness (QED) is 0.796. The molecule has 0 aliphatic carbocycles. The molecule has 0 amide bonds. The van der Waals surface area contributed by atoms with Gasteiger partial charge in [-0.15, -0.1) is 0 Å². The highest BCUT2D eigenvalue weighted by atomic mass is 35.7. The fraction of sp³-hybridized carbons (Fsp3) is 0.500. The second-order valence-electron chi connectivity index (χ2n) is 4.24. The lowest BCUT2D eigenvalue weighted by Gasteiger charge is -2.24. The average Bonchev–Trinajstić information content (AvgIpc) is 2.29. The van der Waals surface area contributed by atoms with Crippen LogP contribution in [-0.4, -0.2) is 15.0 Å². The SMILES string of the molecule is O=S(=O)(Cl)Cc1ccccc1C1CCCCO1. The Bertz CT molecular complexity index is 478. The highest BCUT2D eigenvalue weighted by Gasteiger charge is 2.20. The molecule has 0 saturated carbocycles. The van der Waals surface area contributed by atoms with Crippen LogP contribution < -0.4 is 0 Å². The smallest absolute Gasteiger partial charge is 0.236 e. The lowest BCUT2D eigenvalue weighted by atomic mass is 9.97. The van der Waals surface area contributed by atoms with Gasteiger partial charge >= 0.3 is 0 Å². The molecule has 1 aromatic rings. The normalized spacial score (nSPS) is 21.4. The Balaban J connectivity index is 2.26. The van der Waals surface area contributed by atoms with Gasteiger partial charge < -0.3 is 4.74 Å². The molecule has 1 unspecified atom stereocenters. The zero-order valence-electron chi connectivity index (χ0n) is 9.43. The first-order valence-electron chi connectivity index (χ1n) is 5.68. The van der Waals surface area contributed by atoms with Gasteiger partial charge in [0, 0.05) is 17.3 Å².